The number of hydrogen-bond acceptors (Lipinski definition) is 10. The molecule has 16 heavy (non-hydrogen) atoms. The summed E-state index contributed by atoms with van der Waals surface area (Å²) >= 11 is 0. The molecule has 0 bridgehead atoms. The highest BCUT2D eigenvalue weighted by Gasteiger charge is 2.77. The summed E-state index contributed by atoms with van der Waals surface area (Å²) in [6.07, 6.45) is 0. The Morgan fingerprint density at radius 3 is 1.81 bits per heavy atom. The molecule has 14 heteroatoms. The van der Waals surface area contributed by atoms with Crippen LogP contribution in [0.1, 0.15) is 5.82 Å². The second kappa shape index (κ2) is 3.33. The zero-order valence-corrected chi connectivity index (χ0v) is 7.16. The lowest BCUT2D eigenvalue weighted by molar-refractivity contribution is -0.987. The van der Waals surface area contributed by atoms with Gasteiger partial charge in [-0.15, -0.1) is 4.79 Å². The minimum atomic E-state index is -3.92. The van der Waals surface area contributed by atoms with Crippen LogP contribution >= 0.6 is 0 Å². The van der Waals surface area contributed by atoms with E-state index < -0.39 is 26.4 Å². The molecule has 86 valence electrons. The van der Waals surface area contributed by atoms with E-state index in [0.29, 0.717) is 0 Å². The number of aromatic nitrogens is 4. The van der Waals surface area contributed by atoms with Crippen molar-refractivity contribution in [1.29, 1.82) is 0 Å². The standard InChI is InChI=1S/C2H2N8O6/c3-7-1(4-5-6-7)2(8(11)12,9(13)14)10(15)16/h3H2. The van der Waals surface area contributed by atoms with E-state index in [9.17, 15) is 30.3 Å². The summed E-state index contributed by atoms with van der Waals surface area (Å²) in [6.45, 7) is 0. The molecule has 0 aromatic carbocycles. The topological polar surface area (TPSA) is 199 Å². The van der Waals surface area contributed by atoms with Crippen LogP contribution in [0, 0.1) is 30.3 Å². The number of nitrogens with zero attached hydrogens (tertiary/aromatic N) is 7. The summed E-state index contributed by atoms with van der Waals surface area (Å²) in [4.78, 5) is 26.3. The summed E-state index contributed by atoms with van der Waals surface area (Å²) in [7, 11) is 0. The molecule has 0 fully saturated rings. The molecule has 0 unspecified atom stereocenters. The summed E-state index contributed by atoms with van der Waals surface area (Å²) in [6, 6.07) is 0. The van der Waals surface area contributed by atoms with Gasteiger partial charge in [-0.3, -0.25) is 30.3 Å². The molecule has 2 N–H and O–H groups in total. The first-order valence-corrected chi connectivity index (χ1v) is 3.32. The molecule has 0 radical (unpaired) electrons. The molecule has 0 amide bonds. The highest BCUT2D eigenvalue weighted by Crippen LogP contribution is 2.22. The number of rotatable bonds is 4. The third kappa shape index (κ3) is 1.16. The van der Waals surface area contributed by atoms with Gasteiger partial charge >= 0.3 is 11.6 Å². The summed E-state index contributed by atoms with van der Waals surface area (Å²) in [5.41, 5.74) is 0. The lowest BCUT2D eigenvalue weighted by Crippen LogP contribution is -2.52. The van der Waals surface area contributed by atoms with Crippen LogP contribution in [0.25, 0.3) is 0 Å². The van der Waals surface area contributed by atoms with Crippen LogP contribution in [0.2, 0.25) is 0 Å². The Morgan fingerprint density at radius 2 is 1.56 bits per heavy atom. The van der Waals surface area contributed by atoms with E-state index in [1.54, 1.807) is 0 Å². The van der Waals surface area contributed by atoms with Crippen molar-refractivity contribution in [2.24, 2.45) is 0 Å². The molecule has 0 spiro atoms. The molecule has 0 aliphatic carbocycles. The fraction of sp³-hybridized carbons (Fsp3) is 0.500. The zero-order valence-electron chi connectivity index (χ0n) is 7.16. The maximum Gasteiger partial charge on any atom is 0.766 e. The molecule has 0 aliphatic rings. The summed E-state index contributed by atoms with van der Waals surface area (Å²) in [5, 5.41) is 40.0. The van der Waals surface area contributed by atoms with Crippen molar-refractivity contribution in [3.05, 3.63) is 36.2 Å². The maximum absolute atomic E-state index is 10.5. The van der Waals surface area contributed by atoms with E-state index in [-0.39, 0.29) is 4.79 Å². The maximum atomic E-state index is 10.5. The molecule has 1 heterocycles. The quantitative estimate of drug-likeness (QED) is 0.247. The van der Waals surface area contributed by atoms with Crippen molar-refractivity contribution in [2.75, 3.05) is 5.84 Å². The third-order valence-corrected chi connectivity index (χ3v) is 1.56. The molecule has 0 aliphatic heterocycles. The van der Waals surface area contributed by atoms with Gasteiger partial charge in [0.1, 0.15) is 0 Å². The number of nitro groups is 3. The average Bonchev–Trinajstić information content (AvgIpc) is 2.51. The van der Waals surface area contributed by atoms with E-state index in [1.807, 2.05) is 0 Å². The van der Waals surface area contributed by atoms with Crippen molar-refractivity contribution in [3.63, 3.8) is 0 Å². The van der Waals surface area contributed by atoms with Crippen LogP contribution in [-0.2, 0) is 5.79 Å². The van der Waals surface area contributed by atoms with Crippen molar-refractivity contribution >= 4 is 0 Å². The molecule has 1 rings (SSSR count). The van der Waals surface area contributed by atoms with Crippen LogP contribution in [0.3, 0.4) is 0 Å². The van der Waals surface area contributed by atoms with E-state index in [2.05, 4.69) is 15.5 Å². The van der Waals surface area contributed by atoms with Crippen LogP contribution in [0.5, 0.6) is 0 Å². The molecule has 0 saturated carbocycles. The highest BCUT2D eigenvalue weighted by atomic mass is 16.7. The number of nitrogen functional groups attached to an aromatic ring is 1. The first-order valence-electron chi connectivity index (χ1n) is 3.32. The Morgan fingerprint density at radius 1 is 1.12 bits per heavy atom. The van der Waals surface area contributed by atoms with Gasteiger partial charge in [0.2, 0.25) is 0 Å². The van der Waals surface area contributed by atoms with E-state index in [4.69, 9.17) is 5.84 Å². The minimum absolute atomic E-state index is 0.00556. The average molecular weight is 234 g/mol. The lowest BCUT2D eigenvalue weighted by atomic mass is 10.3. The van der Waals surface area contributed by atoms with Gasteiger partial charge in [-0.2, -0.15) is 0 Å². The summed E-state index contributed by atoms with van der Waals surface area (Å²) in [5.74, 6) is -0.324. The first kappa shape index (κ1) is 11.1. The van der Waals surface area contributed by atoms with Gasteiger partial charge in [-0.25, -0.2) is 0 Å². The third-order valence-electron chi connectivity index (χ3n) is 1.56. The van der Waals surface area contributed by atoms with E-state index >= 15 is 0 Å². The Bertz CT molecular complexity index is 427. The normalized spacial score (nSPS) is 11.0. The van der Waals surface area contributed by atoms with Crippen LogP contribution in [0.15, 0.2) is 0 Å². The SMILES string of the molecule is Nn1nnnc1C([N+](=O)[O-])([N+](=O)[O-])[N+](=O)[O-]. The van der Waals surface area contributed by atoms with Crippen LogP contribution in [0.4, 0.5) is 0 Å². The van der Waals surface area contributed by atoms with E-state index in [0.717, 1.165) is 0 Å². The van der Waals surface area contributed by atoms with Gasteiger partial charge in [-0.05, 0) is 10.4 Å². The second-order valence-electron chi connectivity index (χ2n) is 2.35. The molecule has 14 nitrogen and oxygen atoms in total. The summed E-state index contributed by atoms with van der Waals surface area (Å²) < 4.78 is 0. The number of nitrogens with two attached hydrogens (primary N) is 1. The van der Waals surface area contributed by atoms with E-state index in [1.165, 1.54) is 0 Å². The van der Waals surface area contributed by atoms with Gasteiger partial charge < -0.3 is 5.84 Å². The molecule has 0 saturated heterocycles. The van der Waals surface area contributed by atoms with Gasteiger partial charge in [0.05, 0.1) is 0 Å². The Hall–Kier alpha value is -2.93. The smallest absolute Gasteiger partial charge is 0.319 e. The molecule has 1 aromatic rings. The molecule has 1 aromatic heterocycles. The van der Waals surface area contributed by atoms with Crippen molar-refractivity contribution in [2.45, 2.75) is 5.79 Å². The fourth-order valence-corrected chi connectivity index (χ4v) is 0.859. The lowest BCUT2D eigenvalue weighted by Gasteiger charge is -2.05. The molecular weight excluding hydrogens is 232 g/mol. The van der Waals surface area contributed by atoms with Crippen molar-refractivity contribution in [1.82, 2.24) is 20.3 Å². The van der Waals surface area contributed by atoms with Gasteiger partial charge in [-0.1, -0.05) is 5.10 Å². The Balaban J connectivity index is 3.59. The Kier molecular flexibility index (Phi) is 2.32. The zero-order chi connectivity index (χ0) is 12.5. The van der Waals surface area contributed by atoms with Gasteiger partial charge in [0, 0.05) is 0 Å². The minimum Gasteiger partial charge on any atom is -0.319 e. The highest BCUT2D eigenvalue weighted by molar-refractivity contribution is 4.86. The predicted molar refractivity (Wildman–Crippen MR) is 40.6 cm³/mol. The second-order valence-corrected chi connectivity index (χ2v) is 2.35. The monoisotopic (exact) mass is 234 g/mol. The van der Waals surface area contributed by atoms with Gasteiger partial charge in [0.15, 0.2) is 14.8 Å². The molecule has 0 atom stereocenters. The Labute approximate surface area is 84.0 Å². The number of tetrazole rings is 1. The van der Waals surface area contributed by atoms with Crippen molar-refractivity contribution in [3.8, 4) is 0 Å². The predicted octanol–water partition coefficient (Wildman–Crippen LogP) is -2.67. The fourth-order valence-electron chi connectivity index (χ4n) is 0.859. The molecular formula is C2H2N8O6. The van der Waals surface area contributed by atoms with Gasteiger partial charge in [0.25, 0.3) is 0 Å². The largest absolute Gasteiger partial charge is 0.766 e. The van der Waals surface area contributed by atoms with Crippen molar-refractivity contribution < 1.29 is 14.8 Å². The first-order chi connectivity index (χ1) is 7.35. The van der Waals surface area contributed by atoms with Crippen LogP contribution < -0.4 is 5.84 Å². The van der Waals surface area contributed by atoms with Crippen LogP contribution in [-0.4, -0.2) is 35.1 Å². The number of hydrogen-bond donors (Lipinski definition) is 1.